The lowest BCUT2D eigenvalue weighted by molar-refractivity contribution is -0.111. The molecule has 28 heavy (non-hydrogen) atoms. The van der Waals surface area contributed by atoms with Crippen LogP contribution in [-0.4, -0.2) is 22.7 Å². The number of hydrogen-bond donors (Lipinski definition) is 1. The largest absolute Gasteiger partial charge is 0.493 e. The highest BCUT2D eigenvalue weighted by Crippen LogP contribution is 2.29. The molecule has 0 spiro atoms. The van der Waals surface area contributed by atoms with Gasteiger partial charge in [-0.25, -0.2) is 4.39 Å². The Morgan fingerprint density at radius 2 is 2.11 bits per heavy atom. The van der Waals surface area contributed by atoms with Crippen molar-refractivity contribution in [3.05, 3.63) is 71.0 Å². The molecule has 3 aromatic rings. The Kier molecular flexibility index (Phi) is 5.68. The van der Waals surface area contributed by atoms with E-state index in [0.717, 1.165) is 33.2 Å². The van der Waals surface area contributed by atoms with Crippen LogP contribution in [0.5, 0.6) is 5.75 Å². The number of carbonyl (C=O) groups excluding carboxylic acids is 1. The highest BCUT2D eigenvalue weighted by Gasteiger charge is 2.11. The van der Waals surface area contributed by atoms with Crippen LogP contribution in [0.25, 0.3) is 6.08 Å². The van der Waals surface area contributed by atoms with Crippen LogP contribution in [0.15, 0.2) is 52.9 Å². The third kappa shape index (κ3) is 4.76. The lowest BCUT2D eigenvalue weighted by Crippen LogP contribution is -2.07. The Morgan fingerprint density at radius 3 is 2.96 bits per heavy atom. The summed E-state index contributed by atoms with van der Waals surface area (Å²) in [5.41, 5.74) is 3.11. The monoisotopic (exact) mass is 413 g/mol. The van der Waals surface area contributed by atoms with E-state index in [4.69, 9.17) is 4.74 Å². The summed E-state index contributed by atoms with van der Waals surface area (Å²) in [4.78, 5) is 12.1. The molecule has 8 heteroatoms. The lowest BCUT2D eigenvalue weighted by Gasteiger charge is -2.00. The number of aromatic nitrogens is 2. The molecule has 0 aliphatic carbocycles. The molecule has 2 heterocycles. The first-order chi connectivity index (χ1) is 13.7. The summed E-state index contributed by atoms with van der Waals surface area (Å²) in [5.74, 6) is 1.06. The summed E-state index contributed by atoms with van der Waals surface area (Å²) in [6.07, 6.45) is 4.13. The number of carbonyl (C=O) groups is 1. The fourth-order valence-corrected chi connectivity index (χ4v) is 4.38. The van der Waals surface area contributed by atoms with E-state index < -0.39 is 0 Å². The standard InChI is InChI=1S/C20H16FN3O2S2/c21-16-5-1-14(2-6-16)12-27-20-24-23-19(28-20)22-18(25)8-4-13-3-7-17-15(11-13)9-10-26-17/h1-8,11H,9-10,12H2,(H,22,23,25). The number of halogens is 1. The van der Waals surface area contributed by atoms with Crippen molar-refractivity contribution in [1.82, 2.24) is 10.2 Å². The van der Waals surface area contributed by atoms with E-state index >= 15 is 0 Å². The highest BCUT2D eigenvalue weighted by atomic mass is 32.2. The fraction of sp³-hybridized carbons (Fsp3) is 0.150. The van der Waals surface area contributed by atoms with Gasteiger partial charge in [-0.05, 0) is 47.0 Å². The molecular weight excluding hydrogens is 397 g/mol. The number of amides is 1. The van der Waals surface area contributed by atoms with Gasteiger partial charge in [0.1, 0.15) is 11.6 Å². The van der Waals surface area contributed by atoms with Crippen LogP contribution in [0.4, 0.5) is 9.52 Å². The van der Waals surface area contributed by atoms with E-state index in [-0.39, 0.29) is 11.7 Å². The van der Waals surface area contributed by atoms with Crippen LogP contribution in [0.2, 0.25) is 0 Å². The van der Waals surface area contributed by atoms with E-state index in [2.05, 4.69) is 15.5 Å². The SMILES string of the molecule is O=C(C=Cc1ccc2c(c1)CCO2)Nc1nnc(SCc2ccc(F)cc2)s1. The molecule has 142 valence electrons. The fourth-order valence-electron chi connectivity index (χ4n) is 2.67. The molecule has 0 radical (unpaired) electrons. The van der Waals surface area contributed by atoms with Gasteiger partial charge in [-0.1, -0.05) is 41.3 Å². The molecule has 0 bridgehead atoms. The smallest absolute Gasteiger partial charge is 0.250 e. The first kappa shape index (κ1) is 18.6. The molecule has 4 rings (SSSR count). The lowest BCUT2D eigenvalue weighted by atomic mass is 10.1. The van der Waals surface area contributed by atoms with E-state index in [1.165, 1.54) is 41.3 Å². The normalized spacial score (nSPS) is 12.8. The first-order valence-corrected chi connectivity index (χ1v) is 10.4. The van der Waals surface area contributed by atoms with Crippen LogP contribution >= 0.6 is 23.1 Å². The third-order valence-corrected chi connectivity index (χ3v) is 6.10. The Bertz CT molecular complexity index is 1020. The van der Waals surface area contributed by atoms with Gasteiger partial charge in [0, 0.05) is 18.2 Å². The van der Waals surface area contributed by atoms with Gasteiger partial charge in [0.2, 0.25) is 11.0 Å². The minimum Gasteiger partial charge on any atom is -0.493 e. The van der Waals surface area contributed by atoms with Gasteiger partial charge in [-0.15, -0.1) is 10.2 Å². The van der Waals surface area contributed by atoms with Crippen molar-refractivity contribution in [2.24, 2.45) is 0 Å². The topological polar surface area (TPSA) is 64.1 Å². The molecule has 5 nitrogen and oxygen atoms in total. The zero-order valence-electron chi connectivity index (χ0n) is 14.7. The number of hydrogen-bond acceptors (Lipinski definition) is 6. The first-order valence-electron chi connectivity index (χ1n) is 8.61. The van der Waals surface area contributed by atoms with Crippen LogP contribution in [0.3, 0.4) is 0 Å². The van der Waals surface area contributed by atoms with E-state index in [1.807, 2.05) is 18.2 Å². The van der Waals surface area contributed by atoms with Crippen molar-refractivity contribution in [3.63, 3.8) is 0 Å². The number of ether oxygens (including phenoxy) is 1. The molecule has 1 amide bonds. The number of anilines is 1. The molecule has 1 N–H and O–H groups in total. The van der Waals surface area contributed by atoms with Gasteiger partial charge in [-0.2, -0.15) is 0 Å². The second-order valence-electron chi connectivity index (χ2n) is 6.08. The maximum Gasteiger partial charge on any atom is 0.250 e. The van der Waals surface area contributed by atoms with Crippen molar-refractivity contribution >= 4 is 40.2 Å². The average Bonchev–Trinajstić information content (AvgIpc) is 3.34. The molecule has 1 aromatic heterocycles. The quantitative estimate of drug-likeness (QED) is 0.365. The van der Waals surface area contributed by atoms with Gasteiger partial charge in [0.15, 0.2) is 4.34 Å². The Morgan fingerprint density at radius 1 is 1.25 bits per heavy atom. The summed E-state index contributed by atoms with van der Waals surface area (Å²) in [6.45, 7) is 0.710. The Balaban J connectivity index is 1.30. The summed E-state index contributed by atoms with van der Waals surface area (Å²) in [5, 5.41) is 11.2. The van der Waals surface area contributed by atoms with Crippen LogP contribution < -0.4 is 10.1 Å². The number of thioether (sulfide) groups is 1. The predicted octanol–water partition coefficient (Wildman–Crippen LogP) is 4.56. The summed E-state index contributed by atoms with van der Waals surface area (Å²) >= 11 is 2.80. The minimum absolute atomic E-state index is 0.254. The van der Waals surface area contributed by atoms with E-state index in [1.54, 1.807) is 18.2 Å². The maximum absolute atomic E-state index is 12.9. The van der Waals surface area contributed by atoms with Gasteiger partial charge in [0.25, 0.3) is 0 Å². The van der Waals surface area contributed by atoms with Crippen molar-refractivity contribution in [1.29, 1.82) is 0 Å². The van der Waals surface area contributed by atoms with Gasteiger partial charge in [0.05, 0.1) is 6.61 Å². The molecule has 2 aromatic carbocycles. The van der Waals surface area contributed by atoms with Crippen LogP contribution in [-0.2, 0) is 17.0 Å². The number of nitrogens with zero attached hydrogens (tertiary/aromatic N) is 2. The summed E-state index contributed by atoms with van der Waals surface area (Å²) < 4.78 is 19.1. The van der Waals surface area contributed by atoms with Crippen LogP contribution in [0, 0.1) is 5.82 Å². The summed E-state index contributed by atoms with van der Waals surface area (Å²) in [6, 6.07) is 12.2. The number of rotatable bonds is 6. The molecule has 0 unspecified atom stereocenters. The van der Waals surface area contributed by atoms with Crippen molar-refractivity contribution in [3.8, 4) is 5.75 Å². The second-order valence-corrected chi connectivity index (χ2v) is 8.28. The number of nitrogens with one attached hydrogen (secondary N) is 1. The zero-order chi connectivity index (χ0) is 19.3. The number of benzene rings is 2. The molecule has 0 saturated heterocycles. The van der Waals surface area contributed by atoms with Crippen molar-refractivity contribution in [2.75, 3.05) is 11.9 Å². The molecule has 1 aliphatic heterocycles. The van der Waals surface area contributed by atoms with E-state index in [9.17, 15) is 9.18 Å². The van der Waals surface area contributed by atoms with Gasteiger partial charge < -0.3 is 4.74 Å². The van der Waals surface area contributed by atoms with Gasteiger partial charge >= 0.3 is 0 Å². The summed E-state index contributed by atoms with van der Waals surface area (Å²) in [7, 11) is 0. The molecule has 0 atom stereocenters. The maximum atomic E-state index is 12.9. The number of fused-ring (bicyclic) bond motifs is 1. The Labute approximate surface area is 169 Å². The zero-order valence-corrected chi connectivity index (χ0v) is 16.4. The van der Waals surface area contributed by atoms with Crippen molar-refractivity contribution in [2.45, 2.75) is 16.5 Å². The van der Waals surface area contributed by atoms with E-state index in [0.29, 0.717) is 17.5 Å². The minimum atomic E-state index is -0.261. The highest BCUT2D eigenvalue weighted by molar-refractivity contribution is 8.00. The molecule has 1 aliphatic rings. The predicted molar refractivity (Wildman–Crippen MR) is 109 cm³/mol. The average molecular weight is 413 g/mol. The third-order valence-electron chi connectivity index (χ3n) is 4.05. The Hall–Kier alpha value is -2.71. The molecule has 0 saturated carbocycles. The van der Waals surface area contributed by atoms with Crippen molar-refractivity contribution < 1.29 is 13.9 Å². The second kappa shape index (κ2) is 8.53. The molecule has 0 fully saturated rings. The molecular formula is C20H16FN3O2S2. The van der Waals surface area contributed by atoms with Gasteiger partial charge in [-0.3, -0.25) is 10.1 Å². The van der Waals surface area contributed by atoms with Crippen LogP contribution in [0.1, 0.15) is 16.7 Å².